The summed E-state index contributed by atoms with van der Waals surface area (Å²) in [6, 6.07) is 31.3. The van der Waals surface area contributed by atoms with Crippen molar-refractivity contribution in [2.45, 2.75) is 55.4 Å². The van der Waals surface area contributed by atoms with Crippen molar-refractivity contribution in [3.8, 4) is 34.3 Å². The van der Waals surface area contributed by atoms with Crippen LogP contribution in [-0.4, -0.2) is 36.1 Å². The van der Waals surface area contributed by atoms with Crippen LogP contribution in [0.2, 0.25) is 0 Å². The summed E-state index contributed by atoms with van der Waals surface area (Å²) in [6.45, 7) is 15.9. The lowest BCUT2D eigenvalue weighted by Gasteiger charge is -2.01. The lowest BCUT2D eigenvalue weighted by molar-refractivity contribution is 0.108. The van der Waals surface area contributed by atoms with E-state index in [1.165, 1.54) is 5.56 Å². The van der Waals surface area contributed by atoms with E-state index < -0.39 is 0 Å². The zero-order valence-electron chi connectivity index (χ0n) is 27.2. The Morgan fingerprint density at radius 2 is 1.18 bits per heavy atom. The Hall–Kier alpha value is -4.95. The lowest BCUT2D eigenvalue weighted by atomic mass is 10.1. The second-order valence-corrected chi connectivity index (χ2v) is 9.63. The number of aryl methyl sites for hydroxylation is 4. The fourth-order valence-corrected chi connectivity index (χ4v) is 4.02. The van der Waals surface area contributed by atoms with E-state index in [0.717, 1.165) is 33.4 Å². The molecule has 9 heteroatoms. The maximum absolute atomic E-state index is 10.8. The van der Waals surface area contributed by atoms with E-state index in [9.17, 15) is 4.79 Å². The minimum absolute atomic E-state index is 0.383. The van der Waals surface area contributed by atoms with Gasteiger partial charge in [-0.1, -0.05) is 112 Å². The minimum Gasteiger partial charge on any atom is -0.416 e. The van der Waals surface area contributed by atoms with Gasteiger partial charge in [-0.2, -0.15) is 5.21 Å². The molecule has 234 valence electrons. The molecule has 0 amide bonds. The molecule has 0 saturated carbocycles. The van der Waals surface area contributed by atoms with Crippen molar-refractivity contribution in [3.63, 3.8) is 0 Å². The Kier molecular flexibility index (Phi) is 15.6. The average Bonchev–Trinajstić information content (AvgIpc) is 3.80. The van der Waals surface area contributed by atoms with Crippen LogP contribution in [0.25, 0.3) is 34.3 Å². The summed E-state index contributed by atoms with van der Waals surface area (Å²) < 4.78 is 5.77. The van der Waals surface area contributed by atoms with Gasteiger partial charge in [-0.15, -0.1) is 20.4 Å². The van der Waals surface area contributed by atoms with Crippen LogP contribution in [-0.2, 0) is 0 Å². The van der Waals surface area contributed by atoms with Gasteiger partial charge in [-0.3, -0.25) is 4.79 Å². The van der Waals surface area contributed by atoms with Crippen LogP contribution < -0.4 is 0 Å². The van der Waals surface area contributed by atoms with Gasteiger partial charge < -0.3 is 4.42 Å². The van der Waals surface area contributed by atoms with Crippen molar-refractivity contribution in [2.24, 2.45) is 0 Å². The van der Waals surface area contributed by atoms with Crippen LogP contribution in [0.4, 0.5) is 0 Å². The number of hydrogen-bond donors (Lipinski definition) is 1. The number of halogens is 1. The van der Waals surface area contributed by atoms with Gasteiger partial charge in [-0.25, -0.2) is 0 Å². The number of aromatic nitrogens is 6. The Labute approximate surface area is 270 Å². The van der Waals surface area contributed by atoms with Crippen LogP contribution in [0, 0.1) is 27.7 Å². The first-order valence-electron chi connectivity index (χ1n) is 14.8. The van der Waals surface area contributed by atoms with Gasteiger partial charge in [0, 0.05) is 22.3 Å². The van der Waals surface area contributed by atoms with Crippen LogP contribution in [0.3, 0.4) is 0 Å². The number of H-pyrrole nitrogens is 1. The Morgan fingerprint density at radius 1 is 0.644 bits per heavy atom. The van der Waals surface area contributed by atoms with Gasteiger partial charge in [0.1, 0.15) is 0 Å². The minimum atomic E-state index is -0.383. The topological polar surface area (TPSA) is 110 Å². The molecule has 0 fully saturated rings. The number of nitrogens with zero attached hydrogens (tertiary/aromatic N) is 5. The fourth-order valence-electron chi connectivity index (χ4n) is 3.81. The molecule has 1 N–H and O–H groups in total. The highest BCUT2D eigenvalue weighted by atomic mass is 35.5. The van der Waals surface area contributed by atoms with E-state index in [1.54, 1.807) is 6.07 Å². The molecular weight excluding hydrogens is 584 g/mol. The molecule has 0 spiro atoms. The predicted molar refractivity (Wildman–Crippen MR) is 183 cm³/mol. The number of tetrazole rings is 1. The highest BCUT2D eigenvalue weighted by Gasteiger charge is 2.12. The Balaban J connectivity index is 0.000000235. The van der Waals surface area contributed by atoms with E-state index in [2.05, 4.69) is 55.9 Å². The maximum Gasteiger partial charge on any atom is 0.252 e. The van der Waals surface area contributed by atoms with Gasteiger partial charge >= 0.3 is 0 Å². The molecule has 0 atom stereocenters. The zero-order chi connectivity index (χ0) is 33.2. The summed E-state index contributed by atoms with van der Waals surface area (Å²) in [5.41, 5.74) is 7.80. The van der Waals surface area contributed by atoms with Crippen LogP contribution >= 0.6 is 11.6 Å². The first-order valence-corrected chi connectivity index (χ1v) is 15.2. The Bertz CT molecular complexity index is 1700. The van der Waals surface area contributed by atoms with Gasteiger partial charge in [0.25, 0.3) is 5.24 Å². The van der Waals surface area contributed by atoms with Gasteiger partial charge in [0.15, 0.2) is 0 Å². The molecule has 0 unspecified atom stereocenters. The summed E-state index contributed by atoms with van der Waals surface area (Å²) in [4.78, 5) is 10.8. The molecule has 45 heavy (non-hydrogen) atoms. The molecule has 2 heterocycles. The van der Waals surface area contributed by atoms with Gasteiger partial charge in [-0.05, 0) is 79.9 Å². The molecule has 0 radical (unpaired) electrons. The normalized spacial score (nSPS) is 9.53. The number of carbonyl (C=O) groups excluding carboxylic acids is 1. The first-order chi connectivity index (χ1) is 21.8. The number of nitrogens with one attached hydrogen (secondary N) is 1. The summed E-state index contributed by atoms with van der Waals surface area (Å²) in [5, 5.41) is 21.4. The monoisotopic (exact) mass is 624 g/mol. The van der Waals surface area contributed by atoms with Gasteiger partial charge in [0.2, 0.25) is 17.6 Å². The fraction of sp³-hybridized carbons (Fsp3) is 0.222. The van der Waals surface area contributed by atoms with Crippen LogP contribution in [0.1, 0.15) is 60.3 Å². The molecule has 6 aromatic rings. The molecule has 2 aromatic heterocycles. The second kappa shape index (κ2) is 19.4. The highest BCUT2D eigenvalue weighted by Crippen LogP contribution is 2.26. The van der Waals surface area contributed by atoms with Crippen molar-refractivity contribution in [2.75, 3.05) is 0 Å². The first kappa shape index (κ1) is 36.2. The summed E-state index contributed by atoms with van der Waals surface area (Å²) in [6.07, 6.45) is 0. The molecule has 6 rings (SSSR count). The van der Waals surface area contributed by atoms with Crippen molar-refractivity contribution in [1.29, 1.82) is 0 Å². The summed E-state index contributed by atoms with van der Waals surface area (Å²) >= 11 is 5.34. The molecule has 0 saturated heterocycles. The van der Waals surface area contributed by atoms with Crippen LogP contribution in [0.15, 0.2) is 101 Å². The second-order valence-electron chi connectivity index (χ2n) is 9.29. The molecule has 0 aliphatic rings. The quantitative estimate of drug-likeness (QED) is 0.194. The number of hydrogen-bond acceptors (Lipinski definition) is 7. The standard InChI is InChI=1S/C16H14N2O.C9H9ClO.C7H6N4.2C2H6/c1-11-8-9-12(2)14(10-11)16-18-17-15(19-16)13-6-4-3-5-7-13;1-6-3-4-7(2)8(5-6)9(10)11;1-2-4-6(5-3-1)7-8-10-11-9-7;2*1-2/h3-10H,1-2H3;3-5H,1-2H3;1-5H,(H,8,9,10,11);2*1-2H3. The van der Waals surface area contributed by atoms with E-state index in [0.29, 0.717) is 23.2 Å². The predicted octanol–water partition coefficient (Wildman–Crippen LogP) is 9.62. The van der Waals surface area contributed by atoms with Crippen molar-refractivity contribution < 1.29 is 9.21 Å². The number of aromatic amines is 1. The molecule has 0 aliphatic carbocycles. The zero-order valence-corrected chi connectivity index (χ0v) is 27.9. The van der Waals surface area contributed by atoms with E-state index in [1.807, 2.05) is 121 Å². The molecule has 0 bridgehead atoms. The van der Waals surface area contributed by atoms with Crippen LogP contribution in [0.5, 0.6) is 0 Å². The smallest absolute Gasteiger partial charge is 0.252 e. The molecule has 0 aliphatic heterocycles. The SMILES string of the molecule is CC.CC.Cc1ccc(C)c(-c2nnc(-c3ccccc3)o2)c1.Cc1ccc(C)c(C(=O)Cl)c1.c1ccc(-c2nn[nH]n2)cc1. The maximum atomic E-state index is 10.8. The van der Waals surface area contributed by atoms with Crippen molar-refractivity contribution in [3.05, 3.63) is 125 Å². The number of carbonyl (C=O) groups is 1. The Morgan fingerprint density at radius 3 is 1.71 bits per heavy atom. The average molecular weight is 625 g/mol. The number of rotatable bonds is 4. The van der Waals surface area contributed by atoms with Gasteiger partial charge in [0.05, 0.1) is 0 Å². The lowest BCUT2D eigenvalue weighted by Crippen LogP contribution is -1.93. The third-order valence-corrected chi connectivity index (χ3v) is 6.25. The van der Waals surface area contributed by atoms with Crippen molar-refractivity contribution >= 4 is 16.8 Å². The highest BCUT2D eigenvalue weighted by molar-refractivity contribution is 6.67. The third kappa shape index (κ3) is 11.2. The molecular formula is C36H41ClN6O2. The van der Waals surface area contributed by atoms with E-state index in [4.69, 9.17) is 16.0 Å². The summed E-state index contributed by atoms with van der Waals surface area (Å²) in [7, 11) is 0. The van der Waals surface area contributed by atoms with Crippen molar-refractivity contribution in [1.82, 2.24) is 30.8 Å². The summed E-state index contributed by atoms with van der Waals surface area (Å²) in [5.74, 6) is 1.75. The largest absolute Gasteiger partial charge is 0.416 e. The van der Waals surface area contributed by atoms with E-state index in [-0.39, 0.29) is 5.24 Å². The molecule has 4 aromatic carbocycles. The van der Waals surface area contributed by atoms with E-state index >= 15 is 0 Å². The molecule has 8 nitrogen and oxygen atoms in total. The number of benzene rings is 4. The third-order valence-electron chi connectivity index (χ3n) is 6.05.